The zero-order valence-corrected chi connectivity index (χ0v) is 22.6. The first-order valence-corrected chi connectivity index (χ1v) is 14.0. The molecule has 2 aliphatic heterocycles. The van der Waals surface area contributed by atoms with Gasteiger partial charge in [-0.05, 0) is 77.4 Å². The summed E-state index contributed by atoms with van der Waals surface area (Å²) in [5.74, 6) is 0. The van der Waals surface area contributed by atoms with Gasteiger partial charge in [-0.2, -0.15) is 0 Å². The number of aliphatic imine (C=N–C) groups is 1. The second kappa shape index (κ2) is 9.67. The normalized spacial score (nSPS) is 20.5. The second-order valence-corrected chi connectivity index (χ2v) is 11.3. The van der Waals surface area contributed by atoms with E-state index >= 15 is 0 Å². The molecule has 0 bridgehead atoms. The largest absolute Gasteiger partial charge is 0.308 e. The standard InChI is InChI=1S/C29H21BrCl2N2S/c30-21-14-12-18(13-15-21)26-17-35-29-33-27-20(16-19-6-1-3-10-24(19)31)7-5-9-23(27)28(34(26)29)22-8-2-4-11-25(22)32/h1-4,6,8,10-17,28H,5,7,9H2/b20-16+/t28-/m1/s1. The summed E-state index contributed by atoms with van der Waals surface area (Å²) in [5, 5.41) is 4.73. The molecule has 0 unspecified atom stereocenters. The number of amidine groups is 1. The molecule has 0 N–H and O–H groups in total. The highest BCUT2D eigenvalue weighted by atomic mass is 79.9. The second-order valence-electron chi connectivity index (χ2n) is 8.73. The van der Waals surface area contributed by atoms with Crippen molar-refractivity contribution >= 4 is 67.8 Å². The van der Waals surface area contributed by atoms with Crippen molar-refractivity contribution in [3.05, 3.63) is 126 Å². The Morgan fingerprint density at radius 1 is 0.914 bits per heavy atom. The maximum atomic E-state index is 6.83. The van der Waals surface area contributed by atoms with Crippen molar-refractivity contribution in [2.75, 3.05) is 0 Å². The fraction of sp³-hybridized carbons (Fsp3) is 0.138. The van der Waals surface area contributed by atoms with Gasteiger partial charge in [-0.15, -0.1) is 0 Å². The van der Waals surface area contributed by atoms with Crippen LogP contribution in [-0.2, 0) is 0 Å². The van der Waals surface area contributed by atoms with Gasteiger partial charge in [0.2, 0.25) is 0 Å². The monoisotopic (exact) mass is 578 g/mol. The molecule has 0 radical (unpaired) electrons. The first-order chi connectivity index (χ1) is 17.1. The van der Waals surface area contributed by atoms with E-state index < -0.39 is 0 Å². The van der Waals surface area contributed by atoms with Crippen LogP contribution in [0.4, 0.5) is 0 Å². The Balaban J connectivity index is 1.52. The van der Waals surface area contributed by atoms with Gasteiger partial charge in [0.15, 0.2) is 5.17 Å². The number of hydrogen-bond acceptors (Lipinski definition) is 3. The molecular weight excluding hydrogens is 559 g/mol. The number of fused-ring (bicyclic) bond motifs is 1. The third-order valence-electron chi connectivity index (χ3n) is 6.61. The zero-order chi connectivity index (χ0) is 23.9. The Morgan fingerprint density at radius 2 is 1.66 bits per heavy atom. The van der Waals surface area contributed by atoms with E-state index in [0.29, 0.717) is 0 Å². The van der Waals surface area contributed by atoms with Crippen LogP contribution in [0.3, 0.4) is 0 Å². The smallest absolute Gasteiger partial charge is 0.174 e. The van der Waals surface area contributed by atoms with Crippen molar-refractivity contribution in [3.8, 4) is 0 Å². The van der Waals surface area contributed by atoms with Crippen LogP contribution in [0.25, 0.3) is 11.8 Å². The van der Waals surface area contributed by atoms with Crippen LogP contribution >= 0.6 is 50.9 Å². The van der Waals surface area contributed by atoms with Crippen molar-refractivity contribution in [2.24, 2.45) is 4.99 Å². The van der Waals surface area contributed by atoms with E-state index in [-0.39, 0.29) is 6.04 Å². The molecule has 3 aromatic rings. The maximum absolute atomic E-state index is 6.83. The Bertz CT molecular complexity index is 1440. The molecule has 35 heavy (non-hydrogen) atoms. The molecule has 0 amide bonds. The summed E-state index contributed by atoms with van der Waals surface area (Å²) < 4.78 is 1.06. The number of allylic oxidation sites excluding steroid dienone is 1. The lowest BCUT2D eigenvalue weighted by Gasteiger charge is -2.40. The van der Waals surface area contributed by atoms with Crippen LogP contribution in [-0.4, -0.2) is 10.1 Å². The van der Waals surface area contributed by atoms with Crippen LogP contribution in [0.5, 0.6) is 0 Å². The Morgan fingerprint density at radius 3 is 2.43 bits per heavy atom. The van der Waals surface area contributed by atoms with Crippen LogP contribution in [0.15, 0.2) is 105 Å². The van der Waals surface area contributed by atoms with Crippen LogP contribution < -0.4 is 0 Å². The fourth-order valence-electron chi connectivity index (χ4n) is 5.00. The van der Waals surface area contributed by atoms with Gasteiger partial charge in [-0.25, -0.2) is 4.99 Å². The molecular formula is C29H21BrCl2N2S. The lowest BCUT2D eigenvalue weighted by molar-refractivity contribution is 0.458. The topological polar surface area (TPSA) is 15.6 Å². The van der Waals surface area contributed by atoms with E-state index in [4.69, 9.17) is 28.2 Å². The van der Waals surface area contributed by atoms with E-state index in [0.717, 1.165) is 67.0 Å². The molecule has 1 aliphatic carbocycles. The molecule has 6 heteroatoms. The number of thioether (sulfide) groups is 1. The quantitative estimate of drug-likeness (QED) is 0.307. The molecule has 0 aromatic heterocycles. The molecule has 2 nitrogen and oxygen atoms in total. The van der Waals surface area contributed by atoms with E-state index in [1.165, 1.54) is 11.1 Å². The number of nitrogens with zero attached hydrogens (tertiary/aromatic N) is 2. The highest BCUT2D eigenvalue weighted by molar-refractivity contribution is 9.10. The molecule has 0 fully saturated rings. The predicted molar refractivity (Wildman–Crippen MR) is 153 cm³/mol. The van der Waals surface area contributed by atoms with Gasteiger partial charge in [0, 0.05) is 19.9 Å². The highest BCUT2D eigenvalue weighted by Gasteiger charge is 2.40. The zero-order valence-electron chi connectivity index (χ0n) is 18.7. The average molecular weight is 580 g/mol. The minimum absolute atomic E-state index is 0.00829. The van der Waals surface area contributed by atoms with Gasteiger partial charge in [-0.3, -0.25) is 0 Å². The van der Waals surface area contributed by atoms with E-state index in [1.807, 2.05) is 30.3 Å². The van der Waals surface area contributed by atoms with Gasteiger partial charge in [0.25, 0.3) is 0 Å². The first kappa shape index (κ1) is 23.2. The summed E-state index contributed by atoms with van der Waals surface area (Å²) in [5.41, 5.74) is 8.10. The molecule has 3 aliphatic rings. The molecule has 2 heterocycles. The van der Waals surface area contributed by atoms with Crippen LogP contribution in [0.2, 0.25) is 10.0 Å². The Hall–Kier alpha value is -2.24. The third kappa shape index (κ3) is 4.31. The molecule has 0 spiro atoms. The summed E-state index contributed by atoms with van der Waals surface area (Å²) in [7, 11) is 0. The van der Waals surface area contributed by atoms with Gasteiger partial charge in [-0.1, -0.05) is 99.4 Å². The number of benzene rings is 3. The summed E-state index contributed by atoms with van der Waals surface area (Å²) in [6, 6.07) is 24.6. The molecule has 0 saturated carbocycles. The number of hydrogen-bond donors (Lipinski definition) is 0. The van der Waals surface area contributed by atoms with Gasteiger partial charge >= 0.3 is 0 Å². The summed E-state index contributed by atoms with van der Waals surface area (Å²) >= 11 is 18.6. The van der Waals surface area contributed by atoms with Crippen molar-refractivity contribution in [3.63, 3.8) is 0 Å². The highest BCUT2D eigenvalue weighted by Crippen LogP contribution is 2.52. The SMILES string of the molecule is Clc1ccccc1/C=C1\CCCC2=C1N=C1SC=C(c3ccc(Br)cc3)N1[C@@H]2c1ccccc1Cl. The lowest BCUT2D eigenvalue weighted by atomic mass is 9.82. The average Bonchev–Trinajstić information content (AvgIpc) is 3.29. The van der Waals surface area contributed by atoms with E-state index in [2.05, 4.69) is 74.8 Å². The summed E-state index contributed by atoms with van der Waals surface area (Å²) in [4.78, 5) is 7.61. The van der Waals surface area contributed by atoms with E-state index in [1.54, 1.807) is 11.8 Å². The minimum atomic E-state index is -0.00829. The third-order valence-corrected chi connectivity index (χ3v) is 8.67. The first-order valence-electron chi connectivity index (χ1n) is 11.5. The molecule has 6 rings (SSSR count). The predicted octanol–water partition coefficient (Wildman–Crippen LogP) is 9.74. The lowest BCUT2D eigenvalue weighted by Crippen LogP contribution is -2.35. The van der Waals surface area contributed by atoms with Gasteiger partial charge in [0.1, 0.15) is 0 Å². The van der Waals surface area contributed by atoms with Crippen molar-refractivity contribution < 1.29 is 0 Å². The minimum Gasteiger partial charge on any atom is -0.308 e. The number of rotatable bonds is 3. The molecule has 1 atom stereocenters. The van der Waals surface area contributed by atoms with Gasteiger partial charge in [0.05, 0.1) is 17.4 Å². The van der Waals surface area contributed by atoms with Crippen LogP contribution in [0, 0.1) is 0 Å². The van der Waals surface area contributed by atoms with Crippen molar-refractivity contribution in [2.45, 2.75) is 25.3 Å². The Labute approximate surface area is 228 Å². The van der Waals surface area contributed by atoms with Crippen molar-refractivity contribution in [1.82, 2.24) is 4.90 Å². The maximum Gasteiger partial charge on any atom is 0.174 e. The molecule has 3 aromatic carbocycles. The molecule has 0 saturated heterocycles. The number of halogens is 3. The van der Waals surface area contributed by atoms with Crippen molar-refractivity contribution in [1.29, 1.82) is 0 Å². The van der Waals surface area contributed by atoms with Crippen LogP contribution in [0.1, 0.15) is 42.0 Å². The van der Waals surface area contributed by atoms with E-state index in [9.17, 15) is 0 Å². The molecule has 174 valence electrons. The van der Waals surface area contributed by atoms with Gasteiger partial charge < -0.3 is 4.90 Å². The summed E-state index contributed by atoms with van der Waals surface area (Å²) in [6.45, 7) is 0. The Kier molecular flexibility index (Phi) is 6.40. The fourth-order valence-corrected chi connectivity index (χ4v) is 6.62. The summed E-state index contributed by atoms with van der Waals surface area (Å²) in [6.07, 6.45) is 5.24.